The third-order valence-electron chi connectivity index (χ3n) is 2.55. The number of benzene rings is 2. The Hall–Kier alpha value is -1.65. The van der Waals surface area contributed by atoms with E-state index in [-0.39, 0.29) is 15.5 Å². The van der Waals surface area contributed by atoms with Crippen LogP contribution in [0.25, 0.3) is 11.1 Å². The van der Waals surface area contributed by atoms with Gasteiger partial charge >= 0.3 is 0 Å². The molecule has 2 rings (SSSR count). The minimum absolute atomic E-state index is 0.0404. The molecule has 2 aromatic rings. The van der Waals surface area contributed by atoms with Crippen molar-refractivity contribution in [2.45, 2.75) is 4.90 Å². The van der Waals surface area contributed by atoms with E-state index in [9.17, 15) is 13.2 Å². The summed E-state index contributed by atoms with van der Waals surface area (Å²) < 4.78 is 26.8. The Bertz CT molecular complexity index is 812. The van der Waals surface area contributed by atoms with Crippen LogP contribution in [0, 0.1) is 0 Å². The van der Waals surface area contributed by atoms with Crippen molar-refractivity contribution in [1.82, 2.24) is 0 Å². The quantitative estimate of drug-likeness (QED) is 0.638. The first kappa shape index (κ1) is 14.8. The Kier molecular flexibility index (Phi) is 4.26. The third kappa shape index (κ3) is 2.76. The van der Waals surface area contributed by atoms with Crippen LogP contribution in [0.1, 0.15) is 0 Å². The largest absolute Gasteiger partial charge is 0.294 e. The van der Waals surface area contributed by atoms with Crippen LogP contribution < -0.4 is 0 Å². The highest BCUT2D eigenvalue weighted by atomic mass is 35.5. The van der Waals surface area contributed by atoms with E-state index in [4.69, 9.17) is 23.2 Å². The van der Waals surface area contributed by atoms with Gasteiger partial charge in [0.1, 0.15) is 4.90 Å². The first-order valence-corrected chi connectivity index (χ1v) is 7.54. The van der Waals surface area contributed by atoms with Gasteiger partial charge in [0.05, 0.1) is 5.02 Å². The number of nitrogens with zero attached hydrogens (tertiary/aromatic N) is 1. The van der Waals surface area contributed by atoms with Gasteiger partial charge in [0.15, 0.2) is 0 Å². The van der Waals surface area contributed by atoms with Crippen molar-refractivity contribution >= 4 is 39.3 Å². The molecule has 0 aromatic heterocycles. The van der Waals surface area contributed by atoms with Crippen LogP contribution in [0.3, 0.4) is 0 Å². The lowest BCUT2D eigenvalue weighted by Gasteiger charge is -2.10. The van der Waals surface area contributed by atoms with Crippen molar-refractivity contribution in [3.8, 4) is 11.1 Å². The van der Waals surface area contributed by atoms with E-state index in [0.29, 0.717) is 10.6 Å². The molecule has 2 aromatic carbocycles. The number of isocyanates is 1. The summed E-state index contributed by atoms with van der Waals surface area (Å²) in [5.74, 6) is 0. The molecule has 20 heavy (non-hydrogen) atoms. The molecular formula is C13H7Cl2NO3S. The Labute approximate surface area is 125 Å². The average Bonchev–Trinajstić information content (AvgIpc) is 2.38. The van der Waals surface area contributed by atoms with Crippen molar-refractivity contribution in [3.05, 3.63) is 52.5 Å². The summed E-state index contributed by atoms with van der Waals surface area (Å²) in [4.78, 5) is 10.0. The molecule has 0 spiro atoms. The predicted molar refractivity (Wildman–Crippen MR) is 77.2 cm³/mol. The van der Waals surface area contributed by atoms with Gasteiger partial charge in [-0.1, -0.05) is 57.9 Å². The summed E-state index contributed by atoms with van der Waals surface area (Å²) in [6.45, 7) is 0. The predicted octanol–water partition coefficient (Wildman–Crippen LogP) is 3.68. The molecule has 0 fully saturated rings. The van der Waals surface area contributed by atoms with Crippen LogP contribution in [0.5, 0.6) is 0 Å². The Morgan fingerprint density at radius 3 is 2.15 bits per heavy atom. The normalized spacial score (nSPS) is 10.9. The van der Waals surface area contributed by atoms with Crippen molar-refractivity contribution in [1.29, 1.82) is 0 Å². The zero-order valence-corrected chi connectivity index (χ0v) is 12.2. The van der Waals surface area contributed by atoms with Crippen LogP contribution in [0.4, 0.5) is 0 Å². The lowest BCUT2D eigenvalue weighted by molar-refractivity contribution is 0.563. The third-order valence-corrected chi connectivity index (χ3v) is 4.57. The molecule has 0 bridgehead atoms. The number of halogens is 2. The van der Waals surface area contributed by atoms with Crippen molar-refractivity contribution in [2.24, 2.45) is 4.40 Å². The molecule has 0 aliphatic rings. The standard InChI is InChI=1S/C13H7Cl2NO3S/c14-11-6-2-1-4-9(11)10-5-3-7-12(15)13(10)20(18,19)16-8-17/h1-7H. The second-order valence-corrected chi connectivity index (χ2v) is 6.11. The molecule has 7 heteroatoms. The number of hydrogen-bond donors (Lipinski definition) is 0. The average molecular weight is 328 g/mol. The molecule has 0 N–H and O–H groups in total. The van der Waals surface area contributed by atoms with Gasteiger partial charge in [0.25, 0.3) is 16.1 Å². The second kappa shape index (κ2) is 5.77. The summed E-state index contributed by atoms with van der Waals surface area (Å²) in [5, 5.41) is 0.322. The molecule has 0 aliphatic heterocycles. The molecule has 4 nitrogen and oxygen atoms in total. The summed E-state index contributed by atoms with van der Waals surface area (Å²) in [6.07, 6.45) is 1.02. The van der Waals surface area contributed by atoms with Gasteiger partial charge in [-0.2, -0.15) is 8.42 Å². The number of sulfonamides is 1. The fourth-order valence-corrected chi connectivity index (χ4v) is 3.42. The van der Waals surface area contributed by atoms with E-state index in [1.54, 1.807) is 36.4 Å². The first-order chi connectivity index (χ1) is 9.47. The molecule has 0 aliphatic carbocycles. The van der Waals surface area contributed by atoms with Gasteiger partial charge in [-0.15, -0.1) is 0 Å². The molecule has 0 heterocycles. The summed E-state index contributed by atoms with van der Waals surface area (Å²) in [7, 11) is -4.23. The van der Waals surface area contributed by atoms with Gasteiger partial charge in [0, 0.05) is 16.1 Å². The molecule has 0 atom stereocenters. The van der Waals surface area contributed by atoms with Gasteiger partial charge in [-0.25, -0.2) is 4.79 Å². The number of hydrogen-bond acceptors (Lipinski definition) is 3. The highest BCUT2D eigenvalue weighted by Gasteiger charge is 2.23. The van der Waals surface area contributed by atoms with Gasteiger partial charge in [0.2, 0.25) is 0 Å². The summed E-state index contributed by atoms with van der Waals surface area (Å²) in [6, 6.07) is 11.2. The molecule has 0 radical (unpaired) electrons. The molecule has 0 unspecified atom stereocenters. The lowest BCUT2D eigenvalue weighted by Crippen LogP contribution is -2.00. The second-order valence-electron chi connectivity index (χ2n) is 3.75. The first-order valence-electron chi connectivity index (χ1n) is 5.35. The Balaban J connectivity index is 2.84. The van der Waals surface area contributed by atoms with Crippen LogP contribution in [-0.2, 0) is 14.8 Å². The summed E-state index contributed by atoms with van der Waals surface area (Å²) in [5.41, 5.74) is 0.762. The monoisotopic (exact) mass is 327 g/mol. The van der Waals surface area contributed by atoms with E-state index in [2.05, 4.69) is 4.40 Å². The zero-order valence-electron chi connectivity index (χ0n) is 9.88. The fraction of sp³-hybridized carbons (Fsp3) is 0. The highest BCUT2D eigenvalue weighted by molar-refractivity contribution is 7.90. The van der Waals surface area contributed by atoms with Gasteiger partial charge in [-0.05, 0) is 12.1 Å². The Morgan fingerprint density at radius 2 is 1.50 bits per heavy atom. The minimum Gasteiger partial charge on any atom is -0.210 e. The maximum absolute atomic E-state index is 12.0. The van der Waals surface area contributed by atoms with E-state index >= 15 is 0 Å². The topological polar surface area (TPSA) is 63.6 Å². The number of carbonyl (C=O) groups excluding carboxylic acids is 1. The van der Waals surface area contributed by atoms with E-state index in [1.807, 2.05) is 0 Å². The molecular weight excluding hydrogens is 321 g/mol. The van der Waals surface area contributed by atoms with Crippen molar-refractivity contribution < 1.29 is 13.2 Å². The van der Waals surface area contributed by atoms with Crippen molar-refractivity contribution in [2.75, 3.05) is 0 Å². The van der Waals surface area contributed by atoms with Crippen LogP contribution >= 0.6 is 23.2 Å². The van der Waals surface area contributed by atoms with Gasteiger partial charge in [-0.3, -0.25) is 0 Å². The van der Waals surface area contributed by atoms with Crippen LogP contribution in [0.15, 0.2) is 51.8 Å². The molecule has 102 valence electrons. The van der Waals surface area contributed by atoms with Crippen molar-refractivity contribution in [3.63, 3.8) is 0 Å². The maximum Gasteiger partial charge on any atom is 0.294 e. The smallest absolute Gasteiger partial charge is 0.210 e. The van der Waals surface area contributed by atoms with E-state index in [0.717, 1.165) is 6.08 Å². The van der Waals surface area contributed by atoms with Gasteiger partial charge < -0.3 is 0 Å². The minimum atomic E-state index is -4.23. The Morgan fingerprint density at radius 1 is 0.900 bits per heavy atom. The van der Waals surface area contributed by atoms with E-state index in [1.165, 1.54) is 6.07 Å². The van der Waals surface area contributed by atoms with E-state index < -0.39 is 10.0 Å². The van der Waals surface area contributed by atoms with Crippen LogP contribution in [-0.4, -0.2) is 14.5 Å². The summed E-state index contributed by atoms with van der Waals surface area (Å²) >= 11 is 12.0. The van der Waals surface area contributed by atoms with Crippen LogP contribution in [0.2, 0.25) is 10.0 Å². The fourth-order valence-electron chi connectivity index (χ4n) is 1.76. The number of rotatable bonds is 3. The molecule has 0 saturated carbocycles. The lowest BCUT2D eigenvalue weighted by atomic mass is 10.1. The molecule has 0 saturated heterocycles. The maximum atomic E-state index is 12.0. The highest BCUT2D eigenvalue weighted by Crippen LogP contribution is 2.37. The SMILES string of the molecule is O=C=NS(=O)(=O)c1c(Cl)cccc1-c1ccccc1Cl. The molecule has 0 amide bonds. The zero-order chi connectivity index (χ0) is 14.8.